The lowest BCUT2D eigenvalue weighted by atomic mass is 9.76. The van der Waals surface area contributed by atoms with Crippen LogP contribution in [-0.2, 0) is 16.1 Å². The molecule has 132 valence electrons. The number of likely N-dealkylation sites (tertiary alicyclic amines) is 1. The van der Waals surface area contributed by atoms with Crippen LogP contribution in [0.3, 0.4) is 0 Å². The van der Waals surface area contributed by atoms with Gasteiger partial charge in [0, 0.05) is 23.7 Å². The van der Waals surface area contributed by atoms with Crippen LogP contribution in [0.2, 0.25) is 0 Å². The Hall–Kier alpha value is -1.92. The number of hydrogen-bond acceptors (Lipinski definition) is 4. The summed E-state index contributed by atoms with van der Waals surface area (Å²) in [5.41, 5.74) is 2.91. The molecule has 2 amide bonds. The van der Waals surface area contributed by atoms with E-state index in [-0.39, 0.29) is 17.1 Å². The Balaban J connectivity index is 2.14. The third-order valence-electron chi connectivity index (χ3n) is 4.81. The van der Waals surface area contributed by atoms with Gasteiger partial charge in [-0.3, -0.25) is 19.9 Å². The molecule has 1 aromatic carbocycles. The van der Waals surface area contributed by atoms with Crippen molar-refractivity contribution >= 4 is 11.8 Å². The third-order valence-corrected chi connectivity index (χ3v) is 4.81. The van der Waals surface area contributed by atoms with Gasteiger partial charge in [0.2, 0.25) is 0 Å². The molecule has 0 atom stereocenters. The summed E-state index contributed by atoms with van der Waals surface area (Å²) < 4.78 is 0. The first-order valence-electron chi connectivity index (χ1n) is 8.29. The number of nitrogens with zero attached hydrogens (tertiary/aromatic N) is 1. The highest BCUT2D eigenvalue weighted by atomic mass is 16.2. The molecule has 0 spiro atoms. The normalized spacial score (nSPS) is 20.4. The maximum Gasteiger partial charge on any atom is 0.323 e. The predicted molar refractivity (Wildman–Crippen MR) is 93.6 cm³/mol. The van der Waals surface area contributed by atoms with Gasteiger partial charge in [-0.25, -0.2) is 5.84 Å². The number of hydrazine groups is 1. The Morgan fingerprint density at radius 3 is 2.12 bits per heavy atom. The average molecular weight is 332 g/mol. The number of piperidine rings is 1. The minimum atomic E-state index is -0.808. The zero-order chi connectivity index (χ0) is 18.0. The summed E-state index contributed by atoms with van der Waals surface area (Å²) in [6.45, 7) is 9.57. The van der Waals surface area contributed by atoms with Gasteiger partial charge in [0.15, 0.2) is 0 Å². The van der Waals surface area contributed by atoms with Gasteiger partial charge in [0.1, 0.15) is 0 Å². The van der Waals surface area contributed by atoms with Gasteiger partial charge in [0.05, 0.1) is 0 Å². The van der Waals surface area contributed by atoms with Gasteiger partial charge in [-0.05, 0) is 46.1 Å². The van der Waals surface area contributed by atoms with Gasteiger partial charge in [-0.2, -0.15) is 0 Å². The van der Waals surface area contributed by atoms with Crippen LogP contribution in [0.4, 0.5) is 0 Å². The van der Waals surface area contributed by atoms with Gasteiger partial charge < -0.3 is 5.32 Å². The fraction of sp³-hybridized carbons (Fsp3) is 0.556. The molecule has 1 aliphatic rings. The SMILES string of the molecule is CC1(C)CC(NC(=O)C(=O)NN)CC(C)(C)N1Cc1ccccc1. The number of carbonyl (C=O) groups is 2. The average Bonchev–Trinajstić information content (AvgIpc) is 2.50. The van der Waals surface area contributed by atoms with Crippen molar-refractivity contribution in [3.05, 3.63) is 35.9 Å². The Bertz CT molecular complexity index is 580. The summed E-state index contributed by atoms with van der Waals surface area (Å²) in [4.78, 5) is 25.6. The zero-order valence-corrected chi connectivity index (χ0v) is 14.9. The molecule has 0 saturated carbocycles. The second-order valence-corrected chi connectivity index (χ2v) is 7.75. The first-order valence-corrected chi connectivity index (χ1v) is 8.29. The molecule has 2 rings (SSSR count). The van der Waals surface area contributed by atoms with Crippen molar-refractivity contribution in [2.75, 3.05) is 0 Å². The fourth-order valence-corrected chi connectivity index (χ4v) is 3.93. The van der Waals surface area contributed by atoms with Gasteiger partial charge in [-0.1, -0.05) is 30.3 Å². The van der Waals surface area contributed by atoms with E-state index in [4.69, 9.17) is 5.84 Å². The van der Waals surface area contributed by atoms with E-state index in [0.717, 1.165) is 19.4 Å². The highest BCUT2D eigenvalue weighted by molar-refractivity contribution is 6.34. The molecule has 1 aliphatic heterocycles. The summed E-state index contributed by atoms with van der Waals surface area (Å²) in [6.07, 6.45) is 1.54. The van der Waals surface area contributed by atoms with Crippen LogP contribution in [0.5, 0.6) is 0 Å². The first kappa shape index (κ1) is 18.4. The number of hydrogen-bond donors (Lipinski definition) is 3. The van der Waals surface area contributed by atoms with Crippen LogP contribution in [-0.4, -0.2) is 33.8 Å². The molecule has 24 heavy (non-hydrogen) atoms. The smallest absolute Gasteiger partial charge is 0.323 e. The topological polar surface area (TPSA) is 87.5 Å². The quantitative estimate of drug-likeness (QED) is 0.337. The first-order chi connectivity index (χ1) is 11.2. The molecule has 4 N–H and O–H groups in total. The molecule has 0 radical (unpaired) electrons. The largest absolute Gasteiger partial charge is 0.345 e. The third kappa shape index (κ3) is 4.13. The van der Waals surface area contributed by atoms with Crippen LogP contribution in [0.25, 0.3) is 0 Å². The molecule has 6 heteroatoms. The monoisotopic (exact) mass is 332 g/mol. The van der Waals surface area contributed by atoms with E-state index >= 15 is 0 Å². The Morgan fingerprint density at radius 2 is 1.62 bits per heavy atom. The molecule has 6 nitrogen and oxygen atoms in total. The summed E-state index contributed by atoms with van der Waals surface area (Å²) in [5.74, 6) is 3.54. The maximum atomic E-state index is 11.8. The lowest BCUT2D eigenvalue weighted by molar-refractivity contribution is -0.140. The number of carbonyl (C=O) groups excluding carboxylic acids is 2. The van der Waals surface area contributed by atoms with Crippen LogP contribution in [0, 0.1) is 0 Å². The van der Waals surface area contributed by atoms with Crippen molar-refractivity contribution < 1.29 is 9.59 Å². The Kier molecular flexibility index (Phi) is 5.30. The Morgan fingerprint density at radius 1 is 1.08 bits per heavy atom. The van der Waals surface area contributed by atoms with Crippen molar-refractivity contribution in [1.29, 1.82) is 0 Å². The molecule has 0 bridgehead atoms. The maximum absolute atomic E-state index is 11.8. The van der Waals surface area contributed by atoms with E-state index in [0.29, 0.717) is 0 Å². The highest BCUT2D eigenvalue weighted by Gasteiger charge is 2.45. The molecule has 1 aromatic rings. The summed E-state index contributed by atoms with van der Waals surface area (Å²) in [7, 11) is 0. The van der Waals surface area contributed by atoms with E-state index < -0.39 is 11.8 Å². The second kappa shape index (κ2) is 6.91. The van der Waals surface area contributed by atoms with Crippen molar-refractivity contribution in [2.45, 2.75) is 64.2 Å². The predicted octanol–water partition coefficient (Wildman–Crippen LogP) is 1.31. The molecule has 1 saturated heterocycles. The van der Waals surface area contributed by atoms with Crippen molar-refractivity contribution in [3.63, 3.8) is 0 Å². The van der Waals surface area contributed by atoms with Crippen molar-refractivity contribution in [3.8, 4) is 0 Å². The van der Waals surface area contributed by atoms with E-state index in [1.165, 1.54) is 5.56 Å². The molecule has 0 aliphatic carbocycles. The number of nitrogens with two attached hydrogens (primary N) is 1. The second-order valence-electron chi connectivity index (χ2n) is 7.75. The lowest BCUT2D eigenvalue weighted by Gasteiger charge is -2.55. The van der Waals surface area contributed by atoms with Gasteiger partial charge >= 0.3 is 11.8 Å². The standard InChI is InChI=1S/C18H28N4O2/c1-17(2)10-14(20-15(23)16(24)21-19)11-18(3,4)22(17)12-13-8-6-5-7-9-13/h5-9,14H,10-12,19H2,1-4H3,(H,20,23)(H,21,24). The van der Waals surface area contributed by atoms with E-state index in [1.807, 2.05) is 23.6 Å². The zero-order valence-electron chi connectivity index (χ0n) is 14.9. The Labute approximate surface area is 143 Å². The van der Waals surface area contributed by atoms with Crippen LogP contribution >= 0.6 is 0 Å². The molecule has 1 fully saturated rings. The number of rotatable bonds is 3. The lowest BCUT2D eigenvalue weighted by Crippen LogP contribution is -2.64. The van der Waals surface area contributed by atoms with Crippen molar-refractivity contribution in [2.24, 2.45) is 5.84 Å². The van der Waals surface area contributed by atoms with Crippen LogP contribution in [0.15, 0.2) is 30.3 Å². The number of amides is 2. The molecule has 1 heterocycles. The molecule has 0 aromatic heterocycles. The number of nitrogens with one attached hydrogen (secondary N) is 2. The number of benzene rings is 1. The summed E-state index contributed by atoms with van der Waals surface area (Å²) >= 11 is 0. The van der Waals surface area contributed by atoms with Gasteiger partial charge in [-0.15, -0.1) is 0 Å². The summed E-state index contributed by atoms with van der Waals surface area (Å²) in [5, 5.41) is 2.81. The van der Waals surface area contributed by atoms with Gasteiger partial charge in [0.25, 0.3) is 0 Å². The molecular weight excluding hydrogens is 304 g/mol. The van der Waals surface area contributed by atoms with Crippen LogP contribution in [0.1, 0.15) is 46.1 Å². The summed E-state index contributed by atoms with van der Waals surface area (Å²) in [6, 6.07) is 10.3. The van der Waals surface area contributed by atoms with E-state index in [1.54, 1.807) is 0 Å². The molecule has 0 unspecified atom stereocenters. The van der Waals surface area contributed by atoms with E-state index in [2.05, 4.69) is 50.0 Å². The fourth-order valence-electron chi connectivity index (χ4n) is 3.93. The minimum absolute atomic E-state index is 0.0631. The van der Waals surface area contributed by atoms with Crippen LogP contribution < -0.4 is 16.6 Å². The molecular formula is C18H28N4O2. The van der Waals surface area contributed by atoms with Crippen molar-refractivity contribution in [1.82, 2.24) is 15.6 Å². The minimum Gasteiger partial charge on any atom is -0.345 e. The highest BCUT2D eigenvalue weighted by Crippen LogP contribution is 2.39. The van der Waals surface area contributed by atoms with E-state index in [9.17, 15) is 9.59 Å².